The molecule has 1 N–H and O–H groups in total. The molecule has 1 unspecified atom stereocenters. The molecule has 2 aromatic rings. The van der Waals surface area contributed by atoms with E-state index in [9.17, 15) is 0 Å². The molecule has 3 heterocycles. The summed E-state index contributed by atoms with van der Waals surface area (Å²) in [6.45, 7) is 7.39. The molecule has 0 aromatic carbocycles. The maximum atomic E-state index is 4.65. The number of hydrogen-bond donors (Lipinski definition) is 1. The first kappa shape index (κ1) is 13.6. The van der Waals surface area contributed by atoms with Gasteiger partial charge >= 0.3 is 0 Å². The summed E-state index contributed by atoms with van der Waals surface area (Å²) in [6, 6.07) is 6.82. The highest BCUT2D eigenvalue weighted by Gasteiger charge is 2.21. The number of rotatable bonds is 4. The van der Waals surface area contributed by atoms with Gasteiger partial charge in [0.15, 0.2) is 0 Å². The second-order valence-electron chi connectivity index (χ2n) is 5.24. The van der Waals surface area contributed by atoms with Crippen LogP contribution in [0.1, 0.15) is 35.9 Å². The third-order valence-corrected chi connectivity index (χ3v) is 4.92. The van der Waals surface area contributed by atoms with E-state index in [1.807, 2.05) is 23.6 Å². The first-order valence-electron chi connectivity index (χ1n) is 7.28. The van der Waals surface area contributed by atoms with Crippen LogP contribution in [0, 0.1) is 0 Å². The number of aromatic nitrogens is 1. The van der Waals surface area contributed by atoms with Crippen LogP contribution in [0.2, 0.25) is 0 Å². The third-order valence-electron chi connectivity index (χ3n) is 3.90. The molecule has 0 aliphatic carbocycles. The van der Waals surface area contributed by atoms with Gasteiger partial charge in [-0.15, -0.1) is 11.3 Å². The molecular formula is C16H21N3S. The molecule has 3 rings (SSSR count). The Morgan fingerprint density at radius 3 is 3.20 bits per heavy atom. The van der Waals surface area contributed by atoms with Gasteiger partial charge in [0.1, 0.15) is 5.82 Å². The van der Waals surface area contributed by atoms with Crippen molar-refractivity contribution in [3.05, 3.63) is 45.8 Å². The lowest BCUT2D eigenvalue weighted by molar-refractivity contribution is 0.591. The number of nitrogens with zero attached hydrogens (tertiary/aromatic N) is 2. The summed E-state index contributed by atoms with van der Waals surface area (Å²) in [6.07, 6.45) is 3.04. The summed E-state index contributed by atoms with van der Waals surface area (Å²) >= 11 is 1.88. The monoisotopic (exact) mass is 287 g/mol. The van der Waals surface area contributed by atoms with Gasteiger partial charge in [0.2, 0.25) is 0 Å². The molecule has 1 aliphatic heterocycles. The fourth-order valence-corrected chi connectivity index (χ4v) is 3.75. The van der Waals surface area contributed by atoms with E-state index in [0.29, 0.717) is 6.04 Å². The lowest BCUT2D eigenvalue weighted by Crippen LogP contribution is -2.32. The van der Waals surface area contributed by atoms with Crippen molar-refractivity contribution in [3.8, 4) is 0 Å². The Labute approximate surface area is 124 Å². The molecule has 20 heavy (non-hydrogen) atoms. The molecule has 0 bridgehead atoms. The Kier molecular flexibility index (Phi) is 4.03. The Hall–Kier alpha value is -1.39. The van der Waals surface area contributed by atoms with Gasteiger partial charge in [0.25, 0.3) is 0 Å². The van der Waals surface area contributed by atoms with Gasteiger partial charge in [-0.3, -0.25) is 0 Å². The van der Waals surface area contributed by atoms with Crippen molar-refractivity contribution in [2.75, 3.05) is 18.0 Å². The lowest BCUT2D eigenvalue weighted by Gasteiger charge is -2.31. The van der Waals surface area contributed by atoms with Crippen LogP contribution in [0.4, 0.5) is 5.82 Å². The Morgan fingerprint density at radius 2 is 2.35 bits per heavy atom. The molecule has 4 heteroatoms. The minimum Gasteiger partial charge on any atom is -0.352 e. The van der Waals surface area contributed by atoms with Crippen LogP contribution in [0.3, 0.4) is 0 Å². The molecule has 1 aliphatic rings. The predicted molar refractivity (Wildman–Crippen MR) is 85.4 cm³/mol. The van der Waals surface area contributed by atoms with Crippen molar-refractivity contribution in [3.63, 3.8) is 0 Å². The molecule has 1 atom stereocenters. The summed E-state index contributed by atoms with van der Waals surface area (Å²) in [5, 5.41) is 5.69. The minimum atomic E-state index is 0.340. The highest BCUT2D eigenvalue weighted by molar-refractivity contribution is 7.10. The smallest absolute Gasteiger partial charge is 0.133 e. The van der Waals surface area contributed by atoms with Gasteiger partial charge < -0.3 is 10.2 Å². The molecular weight excluding hydrogens is 266 g/mol. The van der Waals surface area contributed by atoms with Crippen molar-refractivity contribution in [2.24, 2.45) is 0 Å². The van der Waals surface area contributed by atoms with Gasteiger partial charge in [-0.2, -0.15) is 0 Å². The Morgan fingerprint density at radius 1 is 1.45 bits per heavy atom. The van der Waals surface area contributed by atoms with Crippen LogP contribution >= 0.6 is 11.3 Å². The predicted octanol–water partition coefficient (Wildman–Crippen LogP) is 3.38. The third kappa shape index (κ3) is 2.58. The van der Waals surface area contributed by atoms with Gasteiger partial charge in [-0.25, -0.2) is 4.98 Å². The first-order chi connectivity index (χ1) is 9.79. The molecule has 0 saturated heterocycles. The molecule has 0 spiro atoms. The van der Waals surface area contributed by atoms with Gasteiger partial charge in [0.05, 0.1) is 0 Å². The summed E-state index contributed by atoms with van der Waals surface area (Å²) in [5.41, 5.74) is 2.77. The number of thiophene rings is 1. The molecule has 0 saturated carbocycles. The molecule has 0 radical (unpaired) electrons. The zero-order valence-electron chi connectivity index (χ0n) is 12.1. The molecule has 106 valence electrons. The van der Waals surface area contributed by atoms with E-state index >= 15 is 0 Å². The van der Waals surface area contributed by atoms with Crippen LogP contribution < -0.4 is 10.2 Å². The largest absolute Gasteiger partial charge is 0.352 e. The molecule has 0 amide bonds. The van der Waals surface area contributed by atoms with E-state index in [2.05, 4.69) is 46.6 Å². The maximum absolute atomic E-state index is 4.65. The average molecular weight is 287 g/mol. The molecule has 3 nitrogen and oxygen atoms in total. The first-order valence-corrected chi connectivity index (χ1v) is 8.16. The van der Waals surface area contributed by atoms with E-state index in [4.69, 9.17) is 0 Å². The van der Waals surface area contributed by atoms with E-state index in [-0.39, 0.29) is 0 Å². The maximum Gasteiger partial charge on any atom is 0.133 e. The van der Waals surface area contributed by atoms with Crippen LogP contribution in [0.25, 0.3) is 0 Å². The van der Waals surface area contributed by atoms with Crippen LogP contribution in [0.15, 0.2) is 29.8 Å². The summed E-state index contributed by atoms with van der Waals surface area (Å²) in [7, 11) is 0. The lowest BCUT2D eigenvalue weighted by atomic mass is 10.1. The van der Waals surface area contributed by atoms with Crippen molar-refractivity contribution in [1.29, 1.82) is 0 Å². The SMILES string of the molecule is CCNC(C)c1cccnc1N1CCc2sccc2C1. The Bertz CT molecular complexity index is 579. The fourth-order valence-electron chi connectivity index (χ4n) is 2.86. The summed E-state index contributed by atoms with van der Waals surface area (Å²) in [4.78, 5) is 8.61. The van der Waals surface area contributed by atoms with E-state index in [0.717, 1.165) is 31.9 Å². The zero-order valence-corrected chi connectivity index (χ0v) is 12.9. The van der Waals surface area contributed by atoms with Crippen molar-refractivity contribution >= 4 is 17.2 Å². The highest BCUT2D eigenvalue weighted by Crippen LogP contribution is 2.30. The molecule has 0 fully saturated rings. The summed E-state index contributed by atoms with van der Waals surface area (Å²) in [5.74, 6) is 1.14. The average Bonchev–Trinajstić information content (AvgIpc) is 2.95. The van der Waals surface area contributed by atoms with Crippen molar-refractivity contribution < 1.29 is 0 Å². The number of fused-ring (bicyclic) bond motifs is 1. The number of anilines is 1. The van der Waals surface area contributed by atoms with Crippen LogP contribution in [-0.4, -0.2) is 18.1 Å². The van der Waals surface area contributed by atoms with Crippen molar-refractivity contribution in [1.82, 2.24) is 10.3 Å². The van der Waals surface area contributed by atoms with Crippen molar-refractivity contribution in [2.45, 2.75) is 32.9 Å². The van der Waals surface area contributed by atoms with E-state index in [1.54, 1.807) is 4.88 Å². The normalized spacial score (nSPS) is 16.0. The number of hydrogen-bond acceptors (Lipinski definition) is 4. The van der Waals surface area contributed by atoms with Gasteiger partial charge in [-0.1, -0.05) is 13.0 Å². The topological polar surface area (TPSA) is 28.2 Å². The highest BCUT2D eigenvalue weighted by atomic mass is 32.1. The number of pyridine rings is 1. The molecule has 2 aromatic heterocycles. The van der Waals surface area contributed by atoms with E-state index < -0.39 is 0 Å². The number of nitrogens with one attached hydrogen (secondary N) is 1. The second kappa shape index (κ2) is 5.94. The van der Waals surface area contributed by atoms with Gasteiger partial charge in [-0.05, 0) is 43.0 Å². The van der Waals surface area contributed by atoms with Gasteiger partial charge in [0, 0.05) is 35.8 Å². The zero-order chi connectivity index (χ0) is 13.9. The standard InChI is InChI=1S/C16H21N3S/c1-3-17-12(2)14-5-4-8-18-16(14)19-9-6-15-13(11-19)7-10-20-15/h4-5,7-8,10,12,17H,3,6,9,11H2,1-2H3. The van der Waals surface area contributed by atoms with Crippen LogP contribution in [-0.2, 0) is 13.0 Å². The quantitative estimate of drug-likeness (QED) is 0.934. The summed E-state index contributed by atoms with van der Waals surface area (Å²) < 4.78 is 0. The Balaban J connectivity index is 1.88. The van der Waals surface area contributed by atoms with E-state index in [1.165, 1.54) is 11.1 Å². The van der Waals surface area contributed by atoms with Crippen LogP contribution in [0.5, 0.6) is 0 Å². The fraction of sp³-hybridized carbons (Fsp3) is 0.438. The minimum absolute atomic E-state index is 0.340. The second-order valence-corrected chi connectivity index (χ2v) is 6.24.